The summed E-state index contributed by atoms with van der Waals surface area (Å²) in [5.74, 6) is -0.0162. The van der Waals surface area contributed by atoms with Gasteiger partial charge in [0.15, 0.2) is 0 Å². The number of rotatable bonds is 4. The molecular formula is C16H21NO3. The van der Waals surface area contributed by atoms with E-state index in [9.17, 15) is 9.59 Å². The summed E-state index contributed by atoms with van der Waals surface area (Å²) in [5.41, 5.74) is 0.976. The second-order valence-electron chi connectivity index (χ2n) is 5.09. The molecule has 1 aliphatic rings. The normalized spacial score (nSPS) is 18.9. The zero-order valence-corrected chi connectivity index (χ0v) is 11.9. The first-order valence-corrected chi connectivity index (χ1v) is 7.21. The quantitative estimate of drug-likeness (QED) is 0.794. The highest BCUT2D eigenvalue weighted by Crippen LogP contribution is 2.24. The van der Waals surface area contributed by atoms with Gasteiger partial charge in [-0.15, -0.1) is 0 Å². The average molecular weight is 275 g/mol. The maximum Gasteiger partial charge on any atom is 0.409 e. The van der Waals surface area contributed by atoms with Gasteiger partial charge in [-0.1, -0.05) is 43.7 Å². The summed E-state index contributed by atoms with van der Waals surface area (Å²) in [6.45, 7) is 3.40. The Morgan fingerprint density at radius 3 is 2.80 bits per heavy atom. The summed E-state index contributed by atoms with van der Waals surface area (Å²) in [6, 6.07) is 9.64. The molecule has 0 aromatic heterocycles. The predicted octanol–water partition coefficient (Wildman–Crippen LogP) is 2.98. The zero-order valence-electron chi connectivity index (χ0n) is 11.9. The molecule has 20 heavy (non-hydrogen) atoms. The van der Waals surface area contributed by atoms with E-state index in [1.807, 2.05) is 30.3 Å². The highest BCUT2D eigenvalue weighted by atomic mass is 16.6. The molecule has 0 N–H and O–H groups in total. The van der Waals surface area contributed by atoms with Crippen molar-refractivity contribution >= 4 is 11.9 Å². The minimum absolute atomic E-state index is 0.203. The molecule has 4 heteroatoms. The molecule has 1 aromatic rings. The Morgan fingerprint density at radius 2 is 2.10 bits per heavy atom. The van der Waals surface area contributed by atoms with Crippen molar-refractivity contribution in [2.75, 3.05) is 19.7 Å². The molecule has 0 aliphatic carbocycles. The number of piperidine rings is 1. The van der Waals surface area contributed by atoms with Crippen LogP contribution in [0.25, 0.3) is 0 Å². The van der Waals surface area contributed by atoms with E-state index in [4.69, 9.17) is 4.74 Å². The van der Waals surface area contributed by atoms with Gasteiger partial charge >= 0.3 is 6.09 Å². The number of ether oxygens (including phenoxy) is 1. The van der Waals surface area contributed by atoms with E-state index in [1.54, 1.807) is 4.90 Å². The monoisotopic (exact) mass is 275 g/mol. The predicted molar refractivity (Wildman–Crippen MR) is 76.6 cm³/mol. The van der Waals surface area contributed by atoms with E-state index in [2.05, 4.69) is 6.92 Å². The molecule has 4 nitrogen and oxygen atoms in total. The molecule has 1 aliphatic heterocycles. The maximum absolute atomic E-state index is 12.0. The van der Waals surface area contributed by atoms with Gasteiger partial charge in [-0.3, -0.25) is 4.79 Å². The molecule has 108 valence electrons. The third kappa shape index (κ3) is 3.59. The van der Waals surface area contributed by atoms with Gasteiger partial charge < -0.3 is 9.64 Å². The fraction of sp³-hybridized carbons (Fsp3) is 0.500. The van der Waals surface area contributed by atoms with Crippen molar-refractivity contribution in [2.45, 2.75) is 32.1 Å². The lowest BCUT2D eigenvalue weighted by Gasteiger charge is -2.31. The molecule has 1 atom stereocenters. The lowest BCUT2D eigenvalue weighted by molar-refractivity contribution is -0.122. The van der Waals surface area contributed by atoms with E-state index < -0.39 is 0 Å². The van der Waals surface area contributed by atoms with Crippen LogP contribution >= 0.6 is 0 Å². The van der Waals surface area contributed by atoms with Gasteiger partial charge in [-0.25, -0.2) is 4.79 Å². The lowest BCUT2D eigenvalue weighted by atomic mass is 9.89. The van der Waals surface area contributed by atoms with Crippen molar-refractivity contribution in [3.63, 3.8) is 0 Å². The number of hydrogen-bond donors (Lipinski definition) is 0. The molecular weight excluding hydrogens is 254 g/mol. The first-order valence-electron chi connectivity index (χ1n) is 7.21. The van der Waals surface area contributed by atoms with Crippen LogP contribution in [0.5, 0.6) is 0 Å². The second kappa shape index (κ2) is 7.08. The average Bonchev–Trinajstić information content (AvgIpc) is 2.49. The summed E-state index contributed by atoms with van der Waals surface area (Å²) in [5, 5.41) is 0. The fourth-order valence-corrected chi connectivity index (χ4v) is 2.37. The van der Waals surface area contributed by atoms with Crippen LogP contribution in [0.4, 0.5) is 4.79 Å². The molecule has 1 saturated heterocycles. The Balaban J connectivity index is 1.97. The van der Waals surface area contributed by atoms with E-state index in [0.29, 0.717) is 26.1 Å². The Bertz CT molecular complexity index is 458. The SMILES string of the molecule is CCCCOC(=O)N1CCC(=O)C(c2ccccc2)C1. The fourth-order valence-electron chi connectivity index (χ4n) is 2.37. The molecule has 1 amide bonds. The Labute approximate surface area is 119 Å². The molecule has 1 aromatic carbocycles. The van der Waals surface area contributed by atoms with Crippen LogP contribution in [0.15, 0.2) is 30.3 Å². The number of nitrogens with zero attached hydrogens (tertiary/aromatic N) is 1. The summed E-state index contributed by atoms with van der Waals surface area (Å²) in [7, 11) is 0. The number of ketones is 1. The Morgan fingerprint density at radius 1 is 1.35 bits per heavy atom. The van der Waals surface area contributed by atoms with Gasteiger partial charge in [0, 0.05) is 19.5 Å². The topological polar surface area (TPSA) is 46.6 Å². The Kier molecular flexibility index (Phi) is 5.16. The van der Waals surface area contributed by atoms with Crippen LogP contribution in [0.2, 0.25) is 0 Å². The van der Waals surface area contributed by atoms with E-state index in [0.717, 1.165) is 18.4 Å². The number of unbranched alkanes of at least 4 members (excludes halogenated alkanes) is 1. The van der Waals surface area contributed by atoms with Gasteiger partial charge in [0.2, 0.25) is 0 Å². The van der Waals surface area contributed by atoms with Crippen molar-refractivity contribution in [2.24, 2.45) is 0 Å². The molecule has 1 unspecified atom stereocenters. The largest absolute Gasteiger partial charge is 0.449 e. The first kappa shape index (κ1) is 14.6. The summed E-state index contributed by atoms with van der Waals surface area (Å²) < 4.78 is 5.22. The summed E-state index contributed by atoms with van der Waals surface area (Å²) in [4.78, 5) is 25.6. The van der Waals surface area contributed by atoms with Crippen LogP contribution in [-0.2, 0) is 9.53 Å². The standard InChI is InChI=1S/C16H21NO3/c1-2-3-11-20-16(19)17-10-9-15(18)14(12-17)13-7-5-4-6-8-13/h4-8,14H,2-3,9-12H2,1H3. The molecule has 1 heterocycles. The molecule has 0 bridgehead atoms. The van der Waals surface area contributed by atoms with Crippen LogP contribution in [0.3, 0.4) is 0 Å². The number of benzene rings is 1. The number of hydrogen-bond acceptors (Lipinski definition) is 3. The number of Topliss-reactive ketones (excluding diaryl/α,β-unsaturated/α-hetero) is 1. The molecule has 0 radical (unpaired) electrons. The molecule has 0 saturated carbocycles. The van der Waals surface area contributed by atoms with Crippen LogP contribution in [0, 0.1) is 0 Å². The minimum atomic E-state index is -0.299. The number of amides is 1. The van der Waals surface area contributed by atoms with Gasteiger partial charge in [0.25, 0.3) is 0 Å². The van der Waals surface area contributed by atoms with Crippen molar-refractivity contribution in [1.29, 1.82) is 0 Å². The molecule has 1 fully saturated rings. The van der Waals surface area contributed by atoms with E-state index in [1.165, 1.54) is 0 Å². The number of carbonyl (C=O) groups is 2. The zero-order chi connectivity index (χ0) is 14.4. The summed E-state index contributed by atoms with van der Waals surface area (Å²) >= 11 is 0. The van der Waals surface area contributed by atoms with Crippen LogP contribution in [-0.4, -0.2) is 36.5 Å². The van der Waals surface area contributed by atoms with Crippen LogP contribution < -0.4 is 0 Å². The highest BCUT2D eigenvalue weighted by Gasteiger charge is 2.31. The van der Waals surface area contributed by atoms with Crippen molar-refractivity contribution in [1.82, 2.24) is 4.90 Å². The van der Waals surface area contributed by atoms with Crippen molar-refractivity contribution in [3.8, 4) is 0 Å². The highest BCUT2D eigenvalue weighted by molar-refractivity contribution is 5.88. The third-order valence-electron chi connectivity index (χ3n) is 3.60. The van der Waals surface area contributed by atoms with E-state index in [-0.39, 0.29) is 17.8 Å². The maximum atomic E-state index is 12.0. The van der Waals surface area contributed by atoms with Gasteiger partial charge in [-0.05, 0) is 12.0 Å². The van der Waals surface area contributed by atoms with Crippen molar-refractivity contribution in [3.05, 3.63) is 35.9 Å². The number of likely N-dealkylation sites (tertiary alicyclic amines) is 1. The lowest BCUT2D eigenvalue weighted by Crippen LogP contribution is -2.43. The smallest absolute Gasteiger partial charge is 0.409 e. The second-order valence-corrected chi connectivity index (χ2v) is 5.09. The Hall–Kier alpha value is -1.84. The third-order valence-corrected chi connectivity index (χ3v) is 3.60. The number of carbonyl (C=O) groups excluding carboxylic acids is 2. The van der Waals surface area contributed by atoms with Gasteiger partial charge in [-0.2, -0.15) is 0 Å². The molecule has 2 rings (SSSR count). The van der Waals surface area contributed by atoms with Gasteiger partial charge in [0.05, 0.1) is 12.5 Å². The van der Waals surface area contributed by atoms with Crippen molar-refractivity contribution < 1.29 is 14.3 Å². The molecule has 0 spiro atoms. The van der Waals surface area contributed by atoms with E-state index >= 15 is 0 Å². The summed E-state index contributed by atoms with van der Waals surface area (Å²) in [6.07, 6.45) is 1.98. The minimum Gasteiger partial charge on any atom is -0.449 e. The van der Waals surface area contributed by atoms with Gasteiger partial charge in [0.1, 0.15) is 5.78 Å². The van der Waals surface area contributed by atoms with Crippen LogP contribution in [0.1, 0.15) is 37.7 Å². The first-order chi connectivity index (χ1) is 9.72.